The molecule has 11 heteroatoms. The molecule has 0 unspecified atom stereocenters. The Labute approximate surface area is 241 Å². The third-order valence-electron chi connectivity index (χ3n) is 8.23. The Balaban J connectivity index is 1.61. The minimum Gasteiger partial charge on any atom is -0.480 e. The van der Waals surface area contributed by atoms with E-state index in [0.29, 0.717) is 5.56 Å². The van der Waals surface area contributed by atoms with Crippen molar-refractivity contribution in [2.45, 2.75) is 51.6 Å². The van der Waals surface area contributed by atoms with E-state index in [2.05, 4.69) is 10.3 Å². The molecule has 0 spiro atoms. The maximum absolute atomic E-state index is 14.6. The van der Waals surface area contributed by atoms with E-state index in [1.165, 1.54) is 23.1 Å². The van der Waals surface area contributed by atoms with Gasteiger partial charge in [0.05, 0.1) is 23.3 Å². The van der Waals surface area contributed by atoms with Gasteiger partial charge in [0.1, 0.15) is 24.0 Å². The Kier molecular flexibility index (Phi) is 8.77. The lowest BCUT2D eigenvalue weighted by Gasteiger charge is -2.34. The van der Waals surface area contributed by atoms with Crippen LogP contribution in [0.2, 0.25) is 0 Å². The van der Waals surface area contributed by atoms with Crippen molar-refractivity contribution in [1.29, 1.82) is 0 Å². The van der Waals surface area contributed by atoms with Crippen LogP contribution in [0.4, 0.5) is 13.2 Å². The summed E-state index contributed by atoms with van der Waals surface area (Å²) < 4.78 is 43.4. The molecule has 2 fully saturated rings. The van der Waals surface area contributed by atoms with Crippen LogP contribution < -0.4 is 5.32 Å². The zero-order chi connectivity index (χ0) is 30.0. The minimum absolute atomic E-state index is 0.0138. The molecule has 42 heavy (non-hydrogen) atoms. The molecule has 0 radical (unpaired) electrons. The number of carbonyl (C=O) groups excluding carboxylic acids is 2. The first kappa shape index (κ1) is 29.5. The number of carbonyl (C=O) groups is 3. The van der Waals surface area contributed by atoms with Gasteiger partial charge >= 0.3 is 5.97 Å². The number of aliphatic carboxylic acids is 1. The second-order valence-corrected chi connectivity index (χ2v) is 11.2. The average Bonchev–Trinajstić information content (AvgIpc) is 2.93. The van der Waals surface area contributed by atoms with Crippen molar-refractivity contribution in [3.05, 3.63) is 65.0 Å². The van der Waals surface area contributed by atoms with Crippen molar-refractivity contribution in [2.24, 2.45) is 5.92 Å². The van der Waals surface area contributed by atoms with E-state index in [1.807, 2.05) is 6.92 Å². The number of piperazine rings is 1. The summed E-state index contributed by atoms with van der Waals surface area (Å²) in [5, 5.41) is 12.5. The monoisotopic (exact) mass is 582 g/mol. The topological polar surface area (TPSA) is 103 Å². The highest BCUT2D eigenvalue weighted by Gasteiger charge is 2.30. The van der Waals surface area contributed by atoms with Crippen molar-refractivity contribution >= 4 is 28.7 Å². The van der Waals surface area contributed by atoms with E-state index < -0.39 is 41.8 Å². The van der Waals surface area contributed by atoms with Gasteiger partial charge in [0.15, 0.2) is 0 Å². The molecule has 1 atom stereocenters. The van der Waals surface area contributed by atoms with E-state index in [4.69, 9.17) is 5.11 Å². The Morgan fingerprint density at radius 1 is 1.02 bits per heavy atom. The van der Waals surface area contributed by atoms with Crippen LogP contribution in [0.15, 0.2) is 36.4 Å². The molecule has 222 valence electrons. The Bertz CT molecular complexity index is 1510. The van der Waals surface area contributed by atoms with E-state index in [-0.39, 0.29) is 65.9 Å². The number of nitrogens with one attached hydrogen (secondary N) is 1. The highest BCUT2D eigenvalue weighted by Crippen LogP contribution is 2.34. The van der Waals surface area contributed by atoms with Crippen LogP contribution in [0, 0.1) is 23.4 Å². The number of hydrogen-bond acceptors (Lipinski definition) is 5. The van der Waals surface area contributed by atoms with Crippen molar-refractivity contribution in [2.75, 3.05) is 26.2 Å². The summed E-state index contributed by atoms with van der Waals surface area (Å²) in [6.45, 7) is 1.80. The van der Waals surface area contributed by atoms with Crippen LogP contribution >= 0.6 is 0 Å². The number of carboxylic acids is 1. The summed E-state index contributed by atoms with van der Waals surface area (Å²) >= 11 is 0. The van der Waals surface area contributed by atoms with Gasteiger partial charge in [-0.2, -0.15) is 0 Å². The smallest absolute Gasteiger partial charge is 0.323 e. The van der Waals surface area contributed by atoms with Crippen molar-refractivity contribution in [3.8, 4) is 11.3 Å². The molecule has 2 heterocycles. The molecular weight excluding hydrogens is 549 g/mol. The van der Waals surface area contributed by atoms with Gasteiger partial charge in [0.25, 0.3) is 5.91 Å². The minimum atomic E-state index is -1.13. The number of carboxylic acid groups (broad SMARTS) is 1. The molecular formula is C31H33F3N4O4. The highest BCUT2D eigenvalue weighted by molar-refractivity contribution is 6.09. The van der Waals surface area contributed by atoms with Crippen LogP contribution in [0.1, 0.15) is 54.9 Å². The number of pyridine rings is 1. The molecule has 3 aromatic rings. The first-order valence-corrected chi connectivity index (χ1v) is 14.2. The lowest BCUT2D eigenvalue weighted by molar-refractivity contribution is -0.147. The molecule has 2 aliphatic rings. The van der Waals surface area contributed by atoms with Crippen molar-refractivity contribution in [1.82, 2.24) is 20.1 Å². The molecule has 1 aromatic heterocycles. The third-order valence-corrected chi connectivity index (χ3v) is 8.23. The van der Waals surface area contributed by atoms with Crippen LogP contribution in [-0.2, 0) is 16.1 Å². The molecule has 0 bridgehead atoms. The number of hydrogen-bond donors (Lipinski definition) is 2. The standard InChI is InChI=1S/C31H33F3N4O4/c1-18(19-5-3-2-4-6-19)35-31(42)29-24-14-21(32)7-8-26(24)36-30(20-11-22(33)13-23(34)12-20)25(29)15-37-9-10-38(17-28(40)41)27(39)16-37/h7-8,11-14,18-19H,2-6,9-10,15-17H2,1H3,(H,35,42)(H,40,41)/t18-/m0/s1. The predicted octanol–water partition coefficient (Wildman–Crippen LogP) is 4.75. The Morgan fingerprint density at radius 2 is 1.74 bits per heavy atom. The first-order chi connectivity index (χ1) is 20.1. The highest BCUT2D eigenvalue weighted by atomic mass is 19.1. The molecule has 8 nitrogen and oxygen atoms in total. The fourth-order valence-corrected chi connectivity index (χ4v) is 6.09. The fourth-order valence-electron chi connectivity index (χ4n) is 6.09. The summed E-state index contributed by atoms with van der Waals surface area (Å²) in [5.74, 6) is -3.94. The molecule has 1 saturated heterocycles. The number of amides is 2. The molecule has 2 amide bonds. The fraction of sp³-hybridized carbons (Fsp3) is 0.419. The predicted molar refractivity (Wildman–Crippen MR) is 150 cm³/mol. The normalized spacial score (nSPS) is 17.4. The lowest BCUT2D eigenvalue weighted by atomic mass is 9.84. The number of fused-ring (bicyclic) bond motifs is 1. The lowest BCUT2D eigenvalue weighted by Crippen LogP contribution is -2.51. The number of nitrogens with zero attached hydrogens (tertiary/aromatic N) is 3. The van der Waals surface area contributed by atoms with Gasteiger partial charge in [-0.25, -0.2) is 18.2 Å². The maximum atomic E-state index is 14.6. The number of rotatable bonds is 8. The van der Waals surface area contributed by atoms with Gasteiger partial charge in [0.2, 0.25) is 5.91 Å². The molecule has 1 saturated carbocycles. The van der Waals surface area contributed by atoms with Gasteiger partial charge in [-0.3, -0.25) is 19.3 Å². The quantitative estimate of drug-likeness (QED) is 0.398. The number of benzene rings is 2. The van der Waals surface area contributed by atoms with Gasteiger partial charge in [0, 0.05) is 48.3 Å². The molecule has 2 aromatic carbocycles. The average molecular weight is 583 g/mol. The summed E-state index contributed by atoms with van der Waals surface area (Å²) in [7, 11) is 0. The second kappa shape index (κ2) is 12.5. The summed E-state index contributed by atoms with van der Waals surface area (Å²) in [5.41, 5.74) is 0.938. The SMILES string of the molecule is C[C@H](NC(=O)c1c(CN2CCN(CC(=O)O)C(=O)C2)c(-c2cc(F)cc(F)c2)nc2ccc(F)cc12)C1CCCCC1. The second-order valence-electron chi connectivity index (χ2n) is 11.2. The number of halogens is 3. The van der Waals surface area contributed by atoms with Crippen LogP contribution in [0.25, 0.3) is 22.2 Å². The summed E-state index contributed by atoms with van der Waals surface area (Å²) in [6, 6.07) is 6.65. The van der Waals surface area contributed by atoms with Gasteiger partial charge < -0.3 is 15.3 Å². The van der Waals surface area contributed by atoms with Crippen LogP contribution in [0.5, 0.6) is 0 Å². The van der Waals surface area contributed by atoms with E-state index >= 15 is 0 Å². The van der Waals surface area contributed by atoms with E-state index in [9.17, 15) is 27.6 Å². The van der Waals surface area contributed by atoms with E-state index in [1.54, 1.807) is 4.90 Å². The zero-order valence-electron chi connectivity index (χ0n) is 23.3. The van der Waals surface area contributed by atoms with Gasteiger partial charge in [-0.05, 0) is 56.0 Å². The van der Waals surface area contributed by atoms with Crippen LogP contribution in [0.3, 0.4) is 0 Å². The summed E-state index contributed by atoms with van der Waals surface area (Å²) in [4.78, 5) is 45.6. The summed E-state index contributed by atoms with van der Waals surface area (Å²) in [6.07, 6.45) is 5.28. The molecule has 5 rings (SSSR count). The molecule has 1 aliphatic heterocycles. The largest absolute Gasteiger partial charge is 0.480 e. The Hall–Kier alpha value is -3.99. The van der Waals surface area contributed by atoms with Gasteiger partial charge in [-0.1, -0.05) is 19.3 Å². The van der Waals surface area contributed by atoms with Crippen molar-refractivity contribution in [3.63, 3.8) is 0 Å². The molecule has 2 N–H and O–H groups in total. The first-order valence-electron chi connectivity index (χ1n) is 14.2. The third kappa shape index (κ3) is 6.56. The van der Waals surface area contributed by atoms with Gasteiger partial charge in [-0.15, -0.1) is 0 Å². The van der Waals surface area contributed by atoms with Crippen molar-refractivity contribution < 1.29 is 32.7 Å². The zero-order valence-corrected chi connectivity index (χ0v) is 23.3. The molecule has 1 aliphatic carbocycles. The maximum Gasteiger partial charge on any atom is 0.323 e. The van der Waals surface area contributed by atoms with E-state index in [0.717, 1.165) is 50.3 Å². The number of aromatic nitrogens is 1. The Morgan fingerprint density at radius 3 is 2.40 bits per heavy atom. The van der Waals surface area contributed by atoms with Crippen LogP contribution in [-0.4, -0.2) is 69.9 Å².